The van der Waals surface area contributed by atoms with Gasteiger partial charge in [-0.25, -0.2) is 9.97 Å². The van der Waals surface area contributed by atoms with Gasteiger partial charge in [-0.15, -0.1) is 0 Å². The summed E-state index contributed by atoms with van der Waals surface area (Å²) < 4.78 is 0. The number of aryl methyl sites for hydroxylation is 1. The third kappa shape index (κ3) is 2.70. The predicted molar refractivity (Wildman–Crippen MR) is 82.0 cm³/mol. The molecule has 3 aromatic rings. The van der Waals surface area contributed by atoms with Crippen molar-refractivity contribution in [1.29, 1.82) is 5.26 Å². The average Bonchev–Trinajstić information content (AvgIpc) is 2.90. The van der Waals surface area contributed by atoms with Gasteiger partial charge in [0.2, 0.25) is 0 Å². The van der Waals surface area contributed by atoms with Gasteiger partial charge in [0.1, 0.15) is 6.07 Å². The highest BCUT2D eigenvalue weighted by Gasteiger charge is 2.06. The second kappa shape index (κ2) is 5.63. The molecule has 104 valence electrons. The first-order valence-corrected chi connectivity index (χ1v) is 6.79. The van der Waals surface area contributed by atoms with Crippen LogP contribution in [0.4, 0.5) is 5.82 Å². The van der Waals surface area contributed by atoms with Gasteiger partial charge in [-0.05, 0) is 30.5 Å². The lowest BCUT2D eigenvalue weighted by Gasteiger charge is -2.05. The Morgan fingerprint density at radius 1 is 1.29 bits per heavy atom. The van der Waals surface area contributed by atoms with E-state index in [-0.39, 0.29) is 0 Å². The Balaban J connectivity index is 1.71. The standard InChI is InChI=1S/C16H15N5/c1-11-2-3-13-12(10-21-14(13)8-11)4-5-19-16-15(9-17)18-6-7-20-16/h2-3,6-8,10,21H,4-5H2,1H3,(H,19,20). The molecule has 0 aliphatic heterocycles. The van der Waals surface area contributed by atoms with E-state index in [2.05, 4.69) is 45.4 Å². The third-order valence-corrected chi connectivity index (χ3v) is 3.41. The number of benzene rings is 1. The third-order valence-electron chi connectivity index (χ3n) is 3.41. The number of hydrogen-bond acceptors (Lipinski definition) is 4. The SMILES string of the molecule is Cc1ccc2c(CCNc3nccnc3C#N)c[nH]c2c1. The maximum atomic E-state index is 8.97. The van der Waals surface area contributed by atoms with Crippen LogP contribution in [0.2, 0.25) is 0 Å². The summed E-state index contributed by atoms with van der Waals surface area (Å²) in [4.78, 5) is 11.4. The van der Waals surface area contributed by atoms with Crippen LogP contribution in [0.5, 0.6) is 0 Å². The normalized spacial score (nSPS) is 10.5. The van der Waals surface area contributed by atoms with Crippen LogP contribution in [0.1, 0.15) is 16.8 Å². The van der Waals surface area contributed by atoms with Gasteiger partial charge in [0.25, 0.3) is 0 Å². The van der Waals surface area contributed by atoms with E-state index in [4.69, 9.17) is 5.26 Å². The number of aromatic amines is 1. The summed E-state index contributed by atoms with van der Waals surface area (Å²) in [7, 11) is 0. The molecule has 2 N–H and O–H groups in total. The number of nitrogens with one attached hydrogen (secondary N) is 2. The molecule has 0 bridgehead atoms. The van der Waals surface area contributed by atoms with Gasteiger partial charge >= 0.3 is 0 Å². The summed E-state index contributed by atoms with van der Waals surface area (Å²) in [5, 5.41) is 13.4. The van der Waals surface area contributed by atoms with Gasteiger partial charge in [0.05, 0.1) is 0 Å². The molecule has 5 nitrogen and oxygen atoms in total. The number of fused-ring (bicyclic) bond motifs is 1. The average molecular weight is 277 g/mol. The zero-order valence-electron chi connectivity index (χ0n) is 11.7. The van der Waals surface area contributed by atoms with Crippen LogP contribution in [0, 0.1) is 18.3 Å². The quantitative estimate of drug-likeness (QED) is 0.768. The van der Waals surface area contributed by atoms with Gasteiger partial charge in [0, 0.05) is 36.0 Å². The lowest BCUT2D eigenvalue weighted by atomic mass is 10.1. The Morgan fingerprint density at radius 2 is 2.14 bits per heavy atom. The summed E-state index contributed by atoms with van der Waals surface area (Å²) in [6.45, 7) is 2.78. The van der Waals surface area contributed by atoms with E-state index in [1.165, 1.54) is 22.7 Å². The zero-order valence-corrected chi connectivity index (χ0v) is 11.7. The van der Waals surface area contributed by atoms with Crippen LogP contribution in [-0.2, 0) is 6.42 Å². The van der Waals surface area contributed by atoms with Crippen molar-refractivity contribution >= 4 is 16.7 Å². The fourth-order valence-corrected chi connectivity index (χ4v) is 2.37. The molecule has 0 amide bonds. The van der Waals surface area contributed by atoms with Crippen LogP contribution < -0.4 is 5.32 Å². The van der Waals surface area contributed by atoms with E-state index in [1.54, 1.807) is 6.20 Å². The van der Waals surface area contributed by atoms with Crippen molar-refractivity contribution in [2.75, 3.05) is 11.9 Å². The van der Waals surface area contributed by atoms with Gasteiger partial charge in [-0.2, -0.15) is 5.26 Å². The molecule has 2 heterocycles. The van der Waals surface area contributed by atoms with Gasteiger partial charge in [0.15, 0.2) is 11.5 Å². The molecule has 0 aliphatic carbocycles. The highest BCUT2D eigenvalue weighted by atomic mass is 15.0. The van der Waals surface area contributed by atoms with Crippen molar-refractivity contribution < 1.29 is 0 Å². The first-order valence-electron chi connectivity index (χ1n) is 6.79. The maximum Gasteiger partial charge on any atom is 0.182 e. The van der Waals surface area contributed by atoms with Gasteiger partial charge in [-0.3, -0.25) is 0 Å². The van der Waals surface area contributed by atoms with Crippen molar-refractivity contribution in [2.24, 2.45) is 0 Å². The lowest BCUT2D eigenvalue weighted by Crippen LogP contribution is -2.08. The minimum absolute atomic E-state index is 0.326. The van der Waals surface area contributed by atoms with E-state index in [0.717, 1.165) is 11.9 Å². The molecule has 1 aromatic carbocycles. The van der Waals surface area contributed by atoms with E-state index in [1.807, 2.05) is 12.3 Å². The summed E-state index contributed by atoms with van der Waals surface area (Å²) in [5.74, 6) is 0.538. The molecule has 0 atom stereocenters. The fourth-order valence-electron chi connectivity index (χ4n) is 2.37. The van der Waals surface area contributed by atoms with Crippen molar-refractivity contribution in [3.8, 4) is 6.07 Å². The highest BCUT2D eigenvalue weighted by molar-refractivity contribution is 5.83. The van der Waals surface area contributed by atoms with Crippen molar-refractivity contribution in [3.63, 3.8) is 0 Å². The molecular formula is C16H15N5. The van der Waals surface area contributed by atoms with E-state index >= 15 is 0 Å². The molecule has 0 spiro atoms. The molecule has 2 aromatic heterocycles. The van der Waals surface area contributed by atoms with E-state index < -0.39 is 0 Å². The second-order valence-corrected chi connectivity index (χ2v) is 4.91. The van der Waals surface area contributed by atoms with Crippen LogP contribution in [0.25, 0.3) is 10.9 Å². The number of aromatic nitrogens is 3. The largest absolute Gasteiger partial charge is 0.367 e. The first kappa shape index (κ1) is 13.1. The smallest absolute Gasteiger partial charge is 0.182 e. The van der Waals surface area contributed by atoms with Crippen molar-refractivity contribution in [2.45, 2.75) is 13.3 Å². The number of rotatable bonds is 4. The lowest BCUT2D eigenvalue weighted by molar-refractivity contribution is 1.00. The Bertz CT molecular complexity index is 813. The number of H-pyrrole nitrogens is 1. The fraction of sp³-hybridized carbons (Fsp3) is 0.188. The van der Waals surface area contributed by atoms with Gasteiger partial charge < -0.3 is 10.3 Å². The predicted octanol–water partition coefficient (Wildman–Crippen LogP) is 2.79. The highest BCUT2D eigenvalue weighted by Crippen LogP contribution is 2.20. The molecule has 0 aliphatic rings. The number of nitriles is 1. The summed E-state index contributed by atoms with van der Waals surface area (Å²) in [6.07, 6.45) is 5.99. The molecule has 5 heteroatoms. The molecule has 0 saturated carbocycles. The topological polar surface area (TPSA) is 77.4 Å². The summed E-state index contributed by atoms with van der Waals surface area (Å²) in [5.41, 5.74) is 3.97. The Kier molecular flexibility index (Phi) is 3.52. The minimum atomic E-state index is 0.326. The second-order valence-electron chi connectivity index (χ2n) is 4.91. The van der Waals surface area contributed by atoms with E-state index in [0.29, 0.717) is 18.1 Å². The molecule has 3 rings (SSSR count). The Morgan fingerprint density at radius 3 is 3.00 bits per heavy atom. The van der Waals surface area contributed by atoms with Gasteiger partial charge in [-0.1, -0.05) is 12.1 Å². The molecular weight excluding hydrogens is 262 g/mol. The summed E-state index contributed by atoms with van der Waals surface area (Å²) >= 11 is 0. The zero-order chi connectivity index (χ0) is 14.7. The number of hydrogen-bond donors (Lipinski definition) is 2. The van der Waals surface area contributed by atoms with Crippen molar-refractivity contribution in [1.82, 2.24) is 15.0 Å². The molecule has 21 heavy (non-hydrogen) atoms. The van der Waals surface area contributed by atoms with E-state index in [9.17, 15) is 0 Å². The molecule has 0 saturated heterocycles. The van der Waals surface area contributed by atoms with Crippen LogP contribution >= 0.6 is 0 Å². The van der Waals surface area contributed by atoms with Crippen LogP contribution in [-0.4, -0.2) is 21.5 Å². The Labute approximate surface area is 122 Å². The molecule has 0 radical (unpaired) electrons. The van der Waals surface area contributed by atoms with Crippen molar-refractivity contribution in [3.05, 3.63) is 53.6 Å². The monoisotopic (exact) mass is 277 g/mol. The summed E-state index contributed by atoms with van der Waals surface area (Å²) in [6, 6.07) is 8.43. The Hall–Kier alpha value is -2.87. The molecule has 0 fully saturated rings. The number of nitrogens with zero attached hydrogens (tertiary/aromatic N) is 3. The van der Waals surface area contributed by atoms with Crippen LogP contribution in [0.15, 0.2) is 36.8 Å². The minimum Gasteiger partial charge on any atom is -0.367 e. The molecule has 0 unspecified atom stereocenters. The number of anilines is 1. The van der Waals surface area contributed by atoms with Crippen LogP contribution in [0.3, 0.4) is 0 Å². The first-order chi connectivity index (χ1) is 10.3. The maximum absolute atomic E-state index is 8.97.